The van der Waals surface area contributed by atoms with Crippen LogP contribution in [0.25, 0.3) is 0 Å². The van der Waals surface area contributed by atoms with Gasteiger partial charge in [-0.1, -0.05) is 72.2 Å². The lowest BCUT2D eigenvalue weighted by Crippen LogP contribution is -2.14. The maximum atomic E-state index is 5.96. The summed E-state index contributed by atoms with van der Waals surface area (Å²) in [5.74, 6) is 4.08. The van der Waals surface area contributed by atoms with Crippen LogP contribution >= 0.6 is 11.8 Å². The molecule has 2 aromatic rings. The topological polar surface area (TPSA) is 18.5 Å². The van der Waals surface area contributed by atoms with Gasteiger partial charge in [0.25, 0.3) is 0 Å². The molecule has 1 aliphatic heterocycles. The van der Waals surface area contributed by atoms with E-state index in [0.717, 1.165) is 35.8 Å². The molecule has 0 radical (unpaired) electrons. The van der Waals surface area contributed by atoms with Gasteiger partial charge in [-0.3, -0.25) is 0 Å². The molecule has 3 heteroatoms. The van der Waals surface area contributed by atoms with E-state index in [4.69, 9.17) is 9.47 Å². The highest BCUT2D eigenvalue weighted by Crippen LogP contribution is 2.38. The molecule has 0 saturated carbocycles. The number of rotatable bonds is 2. The molecule has 1 heterocycles. The van der Waals surface area contributed by atoms with Crippen LogP contribution < -0.4 is 9.47 Å². The van der Waals surface area contributed by atoms with Crippen molar-refractivity contribution in [2.24, 2.45) is 0 Å². The first-order valence-electron chi connectivity index (χ1n) is 12.0. The number of fused-ring (bicyclic) bond motifs is 4. The molecular formula is C29H42O2S. The number of aryl methyl sites for hydroxylation is 2. The maximum absolute atomic E-state index is 5.96. The summed E-state index contributed by atoms with van der Waals surface area (Å²) in [7, 11) is 3.66. The maximum Gasteiger partial charge on any atom is 0.126 e. The second-order valence-electron chi connectivity index (χ2n) is 11.2. The van der Waals surface area contributed by atoms with Crippen LogP contribution in [0.3, 0.4) is 0 Å². The first-order chi connectivity index (χ1) is 15.0. The van der Waals surface area contributed by atoms with Gasteiger partial charge in [0.2, 0.25) is 0 Å². The monoisotopic (exact) mass is 454 g/mol. The highest BCUT2D eigenvalue weighted by molar-refractivity contribution is 7.97. The molecule has 0 saturated heterocycles. The van der Waals surface area contributed by atoms with Crippen LogP contribution in [-0.2, 0) is 35.2 Å². The van der Waals surface area contributed by atoms with Gasteiger partial charge in [-0.05, 0) is 58.8 Å². The van der Waals surface area contributed by atoms with Crippen LogP contribution in [0.5, 0.6) is 11.5 Å². The molecule has 0 fully saturated rings. The summed E-state index contributed by atoms with van der Waals surface area (Å²) in [6.07, 6.45) is 5.74. The molecule has 0 aliphatic carbocycles. The highest BCUT2D eigenvalue weighted by atomic mass is 32.2. The predicted octanol–water partition coefficient (Wildman–Crippen LogP) is 8.00. The van der Waals surface area contributed by atoms with Crippen LogP contribution in [0.4, 0.5) is 0 Å². The van der Waals surface area contributed by atoms with Gasteiger partial charge in [-0.25, -0.2) is 0 Å². The Bertz CT molecular complexity index is 856. The van der Waals surface area contributed by atoms with Gasteiger partial charge in [-0.2, -0.15) is 11.8 Å². The van der Waals surface area contributed by atoms with E-state index < -0.39 is 0 Å². The minimum Gasteiger partial charge on any atom is -0.496 e. The zero-order valence-electron chi connectivity index (χ0n) is 21.5. The van der Waals surface area contributed by atoms with E-state index in [9.17, 15) is 0 Å². The standard InChI is InChI=1S/C29H42O2S/c1-28(2,3)24-14-20-12-10-9-11-13-21-15-25(29(4,5)6)17-23(27(21)31-8)19-32-18-22(16-24)26(20)30-7/h14-17H,9-13,18-19H2,1-8H3. The van der Waals surface area contributed by atoms with E-state index >= 15 is 0 Å². The van der Waals surface area contributed by atoms with Crippen molar-refractivity contribution in [3.63, 3.8) is 0 Å². The zero-order chi connectivity index (χ0) is 23.5. The molecule has 0 atom stereocenters. The van der Waals surface area contributed by atoms with Crippen molar-refractivity contribution in [3.8, 4) is 11.5 Å². The predicted molar refractivity (Wildman–Crippen MR) is 140 cm³/mol. The fourth-order valence-corrected chi connectivity index (χ4v) is 5.53. The Kier molecular flexibility index (Phi) is 7.91. The van der Waals surface area contributed by atoms with Crippen molar-refractivity contribution < 1.29 is 9.47 Å². The van der Waals surface area contributed by atoms with Crippen molar-refractivity contribution in [2.75, 3.05) is 14.2 Å². The van der Waals surface area contributed by atoms with Crippen molar-refractivity contribution in [2.45, 2.75) is 96.0 Å². The van der Waals surface area contributed by atoms with E-state index in [0.29, 0.717) is 0 Å². The molecule has 0 amide bonds. The molecule has 2 aromatic carbocycles. The largest absolute Gasteiger partial charge is 0.496 e. The van der Waals surface area contributed by atoms with Crippen LogP contribution in [0, 0.1) is 0 Å². The summed E-state index contributed by atoms with van der Waals surface area (Å²) in [4.78, 5) is 0. The fourth-order valence-electron chi connectivity index (χ4n) is 4.56. The molecule has 2 nitrogen and oxygen atoms in total. The summed E-state index contributed by atoms with van der Waals surface area (Å²) in [5.41, 5.74) is 8.47. The van der Waals surface area contributed by atoms with Crippen LogP contribution in [0.1, 0.15) is 94.2 Å². The van der Waals surface area contributed by atoms with Gasteiger partial charge >= 0.3 is 0 Å². The Labute approximate surface area is 200 Å². The first kappa shape index (κ1) is 25.0. The molecule has 0 spiro atoms. The molecule has 32 heavy (non-hydrogen) atoms. The summed E-state index contributed by atoms with van der Waals surface area (Å²) >= 11 is 1.96. The number of hydrogen-bond donors (Lipinski definition) is 0. The molecule has 3 rings (SSSR count). The first-order valence-corrected chi connectivity index (χ1v) is 13.2. The van der Waals surface area contributed by atoms with Gasteiger partial charge in [0, 0.05) is 22.6 Å². The van der Waals surface area contributed by atoms with E-state index in [2.05, 4.69) is 65.8 Å². The summed E-state index contributed by atoms with van der Waals surface area (Å²) in [5, 5.41) is 0. The van der Waals surface area contributed by atoms with Crippen LogP contribution in [-0.4, -0.2) is 14.2 Å². The normalized spacial score (nSPS) is 15.8. The number of thioether (sulfide) groups is 1. The van der Waals surface area contributed by atoms with Crippen LogP contribution in [0.2, 0.25) is 0 Å². The lowest BCUT2D eigenvalue weighted by molar-refractivity contribution is 0.402. The average molecular weight is 455 g/mol. The molecule has 1 aliphatic rings. The van der Waals surface area contributed by atoms with E-state index in [-0.39, 0.29) is 10.8 Å². The quantitative estimate of drug-likeness (QED) is 0.458. The zero-order valence-corrected chi connectivity index (χ0v) is 22.3. The van der Waals surface area contributed by atoms with E-state index in [1.54, 1.807) is 0 Å². The fraction of sp³-hybridized carbons (Fsp3) is 0.586. The summed E-state index contributed by atoms with van der Waals surface area (Å²) in [6, 6.07) is 9.52. The smallest absolute Gasteiger partial charge is 0.126 e. The molecule has 4 bridgehead atoms. The second kappa shape index (κ2) is 10.1. The van der Waals surface area contributed by atoms with Crippen molar-refractivity contribution >= 4 is 11.8 Å². The molecular weight excluding hydrogens is 412 g/mol. The molecule has 0 aromatic heterocycles. The SMILES string of the molecule is COc1c2cc(C(C)(C)C)cc1CSCc1cc(C(C)(C)C)cc(c1OC)CCCCC2. The third kappa shape index (κ3) is 5.84. The number of methoxy groups -OCH3 is 2. The number of hydrogen-bond acceptors (Lipinski definition) is 3. The van der Waals surface area contributed by atoms with Gasteiger partial charge in [-0.15, -0.1) is 0 Å². The third-order valence-electron chi connectivity index (χ3n) is 6.53. The van der Waals surface area contributed by atoms with Gasteiger partial charge in [0.1, 0.15) is 11.5 Å². The Hall–Kier alpha value is -1.61. The Morgan fingerprint density at radius 3 is 1.31 bits per heavy atom. The lowest BCUT2D eigenvalue weighted by Gasteiger charge is -2.25. The Morgan fingerprint density at radius 1 is 0.594 bits per heavy atom. The third-order valence-corrected chi connectivity index (χ3v) is 7.56. The minimum absolute atomic E-state index is 0.130. The lowest BCUT2D eigenvalue weighted by atomic mass is 9.83. The summed E-state index contributed by atoms with van der Waals surface area (Å²) < 4.78 is 11.9. The minimum atomic E-state index is 0.130. The van der Waals surface area contributed by atoms with Gasteiger partial charge in [0.15, 0.2) is 0 Å². The van der Waals surface area contributed by atoms with Crippen molar-refractivity contribution in [1.82, 2.24) is 0 Å². The van der Waals surface area contributed by atoms with E-state index in [1.165, 1.54) is 52.6 Å². The molecule has 176 valence electrons. The second-order valence-corrected chi connectivity index (χ2v) is 12.2. The van der Waals surface area contributed by atoms with Crippen molar-refractivity contribution in [3.05, 3.63) is 57.6 Å². The van der Waals surface area contributed by atoms with Gasteiger partial charge < -0.3 is 9.47 Å². The number of benzene rings is 2. The highest BCUT2D eigenvalue weighted by Gasteiger charge is 2.22. The van der Waals surface area contributed by atoms with Gasteiger partial charge in [0.05, 0.1) is 14.2 Å². The van der Waals surface area contributed by atoms with Crippen LogP contribution in [0.15, 0.2) is 24.3 Å². The van der Waals surface area contributed by atoms with E-state index in [1.807, 2.05) is 26.0 Å². The molecule has 0 unspecified atom stereocenters. The molecule has 0 N–H and O–H groups in total. The van der Waals surface area contributed by atoms with Crippen molar-refractivity contribution in [1.29, 1.82) is 0 Å². The Balaban J connectivity index is 2.04. The average Bonchev–Trinajstić information content (AvgIpc) is 2.71. The summed E-state index contributed by atoms with van der Waals surface area (Å²) in [6.45, 7) is 13.8. The Morgan fingerprint density at radius 2 is 0.969 bits per heavy atom. The number of ether oxygens (including phenoxy) is 2.